The first-order valence-electron chi connectivity index (χ1n) is 11.3. The number of hydrogen-bond donors (Lipinski definition) is 0. The van der Waals surface area contributed by atoms with Crippen LogP contribution in [0.4, 0.5) is 0 Å². The lowest BCUT2D eigenvalue weighted by atomic mass is 9.81. The van der Waals surface area contributed by atoms with Gasteiger partial charge in [0.25, 0.3) is 0 Å². The number of allylic oxidation sites excluding steroid dienone is 2. The van der Waals surface area contributed by atoms with Crippen LogP contribution in [0.1, 0.15) is 65.2 Å². The predicted octanol–water partition coefficient (Wildman–Crippen LogP) is 6.26. The zero-order chi connectivity index (χ0) is 20.7. The molecular weight excluding hydrogens is 390 g/mol. The van der Waals surface area contributed by atoms with Gasteiger partial charge in [-0.15, -0.1) is 11.3 Å². The monoisotopic (exact) mass is 421 g/mol. The Morgan fingerprint density at radius 3 is 3.00 bits per heavy atom. The number of fused-ring (bicyclic) bond motifs is 2. The van der Waals surface area contributed by atoms with E-state index in [1.54, 1.807) is 18.4 Å². The van der Waals surface area contributed by atoms with Crippen molar-refractivity contribution in [3.8, 4) is 5.75 Å². The Hall–Kier alpha value is -1.91. The van der Waals surface area contributed by atoms with Crippen LogP contribution in [0.15, 0.2) is 36.4 Å². The van der Waals surface area contributed by atoms with E-state index in [1.807, 2.05) is 0 Å². The Kier molecular flexibility index (Phi) is 5.32. The van der Waals surface area contributed by atoms with Crippen molar-refractivity contribution in [2.75, 3.05) is 13.7 Å². The van der Waals surface area contributed by atoms with E-state index in [-0.39, 0.29) is 5.60 Å². The highest BCUT2D eigenvalue weighted by Crippen LogP contribution is 2.52. The maximum absolute atomic E-state index is 6.13. The van der Waals surface area contributed by atoms with E-state index in [4.69, 9.17) is 14.5 Å². The number of hydrogen-bond acceptors (Lipinski definition) is 4. The fraction of sp³-hybridized carbons (Fsp3) is 0.500. The highest BCUT2D eigenvalue weighted by Gasteiger charge is 2.53. The van der Waals surface area contributed by atoms with Gasteiger partial charge in [0.2, 0.25) is 0 Å². The van der Waals surface area contributed by atoms with Gasteiger partial charge in [0.05, 0.1) is 17.9 Å². The summed E-state index contributed by atoms with van der Waals surface area (Å²) in [4.78, 5) is 6.23. The van der Waals surface area contributed by atoms with Crippen molar-refractivity contribution in [3.05, 3.63) is 63.1 Å². The summed E-state index contributed by atoms with van der Waals surface area (Å²) >= 11 is 1.79. The average Bonchev–Trinajstić information content (AvgIpc) is 3.40. The molecule has 2 aromatic rings. The fourth-order valence-electron chi connectivity index (χ4n) is 5.08. The number of methoxy groups -OCH3 is 1. The number of aryl methyl sites for hydroxylation is 2. The van der Waals surface area contributed by atoms with Crippen molar-refractivity contribution in [2.45, 2.75) is 63.9 Å². The van der Waals surface area contributed by atoms with Gasteiger partial charge in [-0.3, -0.25) is 0 Å². The first kappa shape index (κ1) is 20.0. The fourth-order valence-corrected chi connectivity index (χ4v) is 6.04. The Morgan fingerprint density at radius 2 is 2.20 bits per heavy atom. The van der Waals surface area contributed by atoms with Crippen LogP contribution in [0.25, 0.3) is 5.57 Å². The smallest absolute Gasteiger partial charge is 0.123 e. The summed E-state index contributed by atoms with van der Waals surface area (Å²) in [5.41, 5.74) is 5.40. The summed E-state index contributed by atoms with van der Waals surface area (Å²) in [5.74, 6) is 2.24. The molecule has 0 spiro atoms. The van der Waals surface area contributed by atoms with E-state index in [9.17, 15) is 0 Å². The molecule has 0 amide bonds. The summed E-state index contributed by atoms with van der Waals surface area (Å²) < 4.78 is 11.8. The van der Waals surface area contributed by atoms with E-state index in [0.29, 0.717) is 12.5 Å². The molecule has 0 radical (unpaired) electrons. The molecule has 5 rings (SSSR count). The molecule has 4 heteroatoms. The van der Waals surface area contributed by atoms with Gasteiger partial charge < -0.3 is 9.47 Å². The lowest BCUT2D eigenvalue weighted by molar-refractivity contribution is 0.112. The number of nitrogens with zero attached hydrogens (tertiary/aromatic N) is 1. The summed E-state index contributed by atoms with van der Waals surface area (Å²) in [7, 11) is 1.81. The van der Waals surface area contributed by atoms with Gasteiger partial charge in [-0.05, 0) is 68.2 Å². The van der Waals surface area contributed by atoms with Crippen LogP contribution < -0.4 is 4.74 Å². The minimum atomic E-state index is -0.0293. The molecule has 0 N–H and O–H groups in total. The molecule has 0 saturated heterocycles. The third-order valence-electron chi connectivity index (χ3n) is 7.11. The van der Waals surface area contributed by atoms with Crippen LogP contribution in [0.5, 0.6) is 5.75 Å². The number of aromatic nitrogens is 1. The average molecular weight is 422 g/mol. The molecule has 2 unspecified atom stereocenters. The van der Waals surface area contributed by atoms with Crippen molar-refractivity contribution in [2.24, 2.45) is 5.92 Å². The molecule has 0 aliphatic heterocycles. The lowest BCUT2D eigenvalue weighted by Crippen LogP contribution is -2.12. The maximum Gasteiger partial charge on any atom is 0.123 e. The van der Waals surface area contributed by atoms with Crippen LogP contribution in [0.3, 0.4) is 0 Å². The van der Waals surface area contributed by atoms with E-state index in [0.717, 1.165) is 35.2 Å². The first-order valence-corrected chi connectivity index (χ1v) is 12.1. The number of rotatable bonds is 7. The second-order valence-corrected chi connectivity index (χ2v) is 10.1. The topological polar surface area (TPSA) is 31.4 Å². The van der Waals surface area contributed by atoms with Crippen LogP contribution in [0, 0.1) is 12.8 Å². The predicted molar refractivity (Wildman–Crippen MR) is 123 cm³/mol. The molecule has 1 saturated carbocycles. The molecule has 1 heterocycles. The molecule has 158 valence electrons. The summed E-state index contributed by atoms with van der Waals surface area (Å²) in [5, 5.41) is 1.12. The van der Waals surface area contributed by atoms with Gasteiger partial charge in [0.1, 0.15) is 10.8 Å². The number of benzene rings is 1. The van der Waals surface area contributed by atoms with Crippen molar-refractivity contribution in [1.82, 2.24) is 4.98 Å². The Morgan fingerprint density at radius 1 is 1.30 bits per heavy atom. The molecule has 0 bridgehead atoms. The molecule has 3 atom stereocenters. The standard InChI is InChI=1S/C26H31NO2S/c1-4-18-6-5-7-19-15-22(8-9-23(18)19)29-13-11-24-17(2)30-25(27-24)20-10-12-26(28-3)16-21(26)14-20/h8-10,12,14-15,18,21H,4-7,11,13,16H2,1-3H3/t18-,21?,26?/m1/s1. The van der Waals surface area contributed by atoms with Gasteiger partial charge in [0.15, 0.2) is 0 Å². The van der Waals surface area contributed by atoms with E-state index >= 15 is 0 Å². The van der Waals surface area contributed by atoms with Gasteiger partial charge in [-0.2, -0.15) is 0 Å². The quantitative estimate of drug-likeness (QED) is 0.529. The molecule has 1 aromatic carbocycles. The van der Waals surface area contributed by atoms with E-state index in [1.165, 1.54) is 47.3 Å². The van der Waals surface area contributed by atoms with Crippen LogP contribution >= 0.6 is 11.3 Å². The number of ether oxygens (including phenoxy) is 2. The van der Waals surface area contributed by atoms with Gasteiger partial charge in [-0.25, -0.2) is 4.98 Å². The molecular formula is C26H31NO2S. The Bertz CT molecular complexity index is 1000. The summed E-state index contributed by atoms with van der Waals surface area (Å²) in [6, 6.07) is 6.72. The van der Waals surface area contributed by atoms with Crippen LogP contribution in [-0.2, 0) is 17.6 Å². The lowest BCUT2D eigenvalue weighted by Gasteiger charge is -2.25. The SMILES string of the molecule is CC[C@@H]1CCCc2cc(OCCc3nc(C4=CC5CC5(OC)C=C4)sc3C)ccc21. The number of thiazole rings is 1. The van der Waals surface area contributed by atoms with Crippen molar-refractivity contribution < 1.29 is 9.47 Å². The second kappa shape index (κ2) is 7.97. The highest BCUT2D eigenvalue weighted by molar-refractivity contribution is 7.12. The minimum Gasteiger partial charge on any atom is -0.493 e. The Labute approximate surface area is 183 Å². The third-order valence-corrected chi connectivity index (χ3v) is 8.17. The molecule has 3 nitrogen and oxygen atoms in total. The van der Waals surface area contributed by atoms with Gasteiger partial charge in [-0.1, -0.05) is 31.2 Å². The van der Waals surface area contributed by atoms with Crippen molar-refractivity contribution in [1.29, 1.82) is 0 Å². The molecule has 3 aliphatic carbocycles. The largest absolute Gasteiger partial charge is 0.493 e. The van der Waals surface area contributed by atoms with Crippen molar-refractivity contribution in [3.63, 3.8) is 0 Å². The van der Waals surface area contributed by atoms with E-state index < -0.39 is 0 Å². The van der Waals surface area contributed by atoms with Crippen LogP contribution in [-0.4, -0.2) is 24.3 Å². The highest BCUT2D eigenvalue weighted by atomic mass is 32.1. The first-order chi connectivity index (χ1) is 14.6. The van der Waals surface area contributed by atoms with Crippen LogP contribution in [0.2, 0.25) is 0 Å². The maximum atomic E-state index is 6.13. The zero-order valence-electron chi connectivity index (χ0n) is 18.2. The molecule has 30 heavy (non-hydrogen) atoms. The summed E-state index contributed by atoms with van der Waals surface area (Å²) in [6.45, 7) is 5.14. The zero-order valence-corrected chi connectivity index (χ0v) is 19.1. The van der Waals surface area contributed by atoms with Gasteiger partial charge >= 0.3 is 0 Å². The van der Waals surface area contributed by atoms with Gasteiger partial charge in [0, 0.05) is 29.9 Å². The third kappa shape index (κ3) is 3.65. The van der Waals surface area contributed by atoms with E-state index in [2.05, 4.69) is 50.3 Å². The Balaban J connectivity index is 1.21. The molecule has 1 fully saturated rings. The second-order valence-electron chi connectivity index (χ2n) is 8.90. The molecule has 3 aliphatic rings. The molecule has 1 aromatic heterocycles. The normalized spacial score (nSPS) is 26.7. The van der Waals surface area contributed by atoms with Crippen molar-refractivity contribution >= 4 is 16.9 Å². The summed E-state index contributed by atoms with van der Waals surface area (Å²) in [6.07, 6.45) is 13.7. The minimum absolute atomic E-state index is 0.0293.